The van der Waals surface area contributed by atoms with Crippen LogP contribution in [0.25, 0.3) is 0 Å². The number of aliphatic hydroxyl groups is 1. The summed E-state index contributed by atoms with van der Waals surface area (Å²) in [4.78, 5) is 15.8. The maximum Gasteiger partial charge on any atom is 0.264 e. The quantitative estimate of drug-likeness (QED) is 0.457. The highest BCUT2D eigenvalue weighted by Gasteiger charge is 2.44. The van der Waals surface area contributed by atoms with Crippen molar-refractivity contribution in [3.8, 4) is 5.75 Å². The Kier molecular flexibility index (Phi) is 8.54. The Morgan fingerprint density at radius 2 is 2.02 bits per heavy atom. The minimum atomic E-state index is -4.04. The van der Waals surface area contributed by atoms with Gasteiger partial charge in [-0.15, -0.1) is 0 Å². The Hall–Kier alpha value is -2.59. The molecule has 2 aliphatic heterocycles. The minimum Gasteiger partial charge on any atom is -0.490 e. The largest absolute Gasteiger partial charge is 0.490 e. The van der Waals surface area contributed by atoms with E-state index in [4.69, 9.17) is 21.1 Å². The van der Waals surface area contributed by atoms with E-state index in [-0.39, 0.29) is 41.8 Å². The molecular formula is C33H41ClN2O6S. The van der Waals surface area contributed by atoms with Crippen LogP contribution in [0.4, 0.5) is 5.69 Å². The van der Waals surface area contributed by atoms with E-state index in [1.807, 2.05) is 25.1 Å². The molecule has 2 heterocycles. The number of methoxy groups -OCH3 is 1. The standard InChI is InChI=1S/C33H41ClN2O6S/c1-21-5-11-30(37)27-9-6-24(27)17-36-19-33(13-3-4-22-15-25(34)8-10-28(22)33)20-42-31-12-7-23(16-29(31)36)32(38)35-43(39,40)26(14-21)18-41-2/h5,7-8,10-12,15-16,21,24,26-27,30,37H,3-4,6,9,13-14,17-20H2,1-2H3,(H,35,38)/b11-5-/t21-,24-,26-,27+,30-,33-/m0/s1. The Labute approximate surface area is 259 Å². The molecule has 2 aromatic carbocycles. The van der Waals surface area contributed by atoms with E-state index in [1.54, 1.807) is 18.2 Å². The number of aryl methyl sites for hydroxylation is 1. The first kappa shape index (κ1) is 30.4. The van der Waals surface area contributed by atoms with Crippen LogP contribution in [0, 0.1) is 17.8 Å². The van der Waals surface area contributed by atoms with Crippen molar-refractivity contribution in [2.75, 3.05) is 38.3 Å². The molecule has 8 nitrogen and oxygen atoms in total. The number of sulfonamides is 1. The highest BCUT2D eigenvalue weighted by Crippen LogP contribution is 2.46. The van der Waals surface area contributed by atoms with Gasteiger partial charge in [-0.05, 0) is 97.7 Å². The summed E-state index contributed by atoms with van der Waals surface area (Å²) in [5, 5.41) is 11.0. The monoisotopic (exact) mass is 628 g/mol. The molecule has 1 spiro atoms. The normalized spacial score (nSPS) is 32.8. The smallest absolute Gasteiger partial charge is 0.264 e. The van der Waals surface area contributed by atoms with Gasteiger partial charge in [0.2, 0.25) is 10.0 Å². The number of nitrogens with zero attached hydrogens (tertiary/aromatic N) is 1. The molecule has 2 N–H and O–H groups in total. The van der Waals surface area contributed by atoms with E-state index >= 15 is 0 Å². The molecule has 232 valence electrons. The molecule has 6 atom stereocenters. The maximum atomic E-state index is 13.4. The molecule has 4 aliphatic rings. The van der Waals surface area contributed by atoms with Crippen LogP contribution >= 0.6 is 11.6 Å². The van der Waals surface area contributed by atoms with Crippen LogP contribution in [0.5, 0.6) is 5.75 Å². The first-order chi connectivity index (χ1) is 20.6. The molecule has 2 aromatic rings. The number of carbonyl (C=O) groups excluding carboxylic acids is 1. The van der Waals surface area contributed by atoms with Crippen LogP contribution in [0.2, 0.25) is 5.02 Å². The van der Waals surface area contributed by atoms with Gasteiger partial charge >= 0.3 is 0 Å². The molecular weight excluding hydrogens is 588 g/mol. The van der Waals surface area contributed by atoms with Crippen molar-refractivity contribution in [1.29, 1.82) is 0 Å². The number of aliphatic hydroxyl groups excluding tert-OH is 1. The third kappa shape index (κ3) is 6.06. The Morgan fingerprint density at radius 3 is 2.79 bits per heavy atom. The van der Waals surface area contributed by atoms with Gasteiger partial charge in [-0.1, -0.05) is 36.7 Å². The molecule has 1 saturated carbocycles. The number of fused-ring (bicyclic) bond motifs is 4. The molecule has 6 rings (SSSR count). The summed E-state index contributed by atoms with van der Waals surface area (Å²) in [5.74, 6) is 0.218. The van der Waals surface area contributed by atoms with Crippen molar-refractivity contribution < 1.29 is 27.8 Å². The zero-order chi connectivity index (χ0) is 30.4. The fourth-order valence-corrected chi connectivity index (χ4v) is 9.10. The third-order valence-corrected chi connectivity index (χ3v) is 11.9. The highest BCUT2D eigenvalue weighted by atomic mass is 35.5. The molecule has 10 heteroatoms. The molecule has 43 heavy (non-hydrogen) atoms. The van der Waals surface area contributed by atoms with Crippen molar-refractivity contribution in [3.05, 3.63) is 70.3 Å². The summed E-state index contributed by atoms with van der Waals surface area (Å²) in [6, 6.07) is 11.3. The van der Waals surface area contributed by atoms with Gasteiger partial charge in [0.25, 0.3) is 5.91 Å². The zero-order valence-corrected chi connectivity index (χ0v) is 26.4. The maximum absolute atomic E-state index is 13.4. The molecule has 0 saturated heterocycles. The highest BCUT2D eigenvalue weighted by molar-refractivity contribution is 7.90. The van der Waals surface area contributed by atoms with E-state index < -0.39 is 27.3 Å². The summed E-state index contributed by atoms with van der Waals surface area (Å²) in [5.41, 5.74) is 3.25. The van der Waals surface area contributed by atoms with Crippen molar-refractivity contribution in [2.24, 2.45) is 17.8 Å². The number of allylic oxidation sites excluding steroid dienone is 1. The van der Waals surface area contributed by atoms with Gasteiger partial charge in [0, 0.05) is 36.2 Å². The minimum absolute atomic E-state index is 0.0470. The van der Waals surface area contributed by atoms with E-state index in [0.29, 0.717) is 25.4 Å². The second-order valence-corrected chi connectivity index (χ2v) is 15.3. The number of rotatable bonds is 2. The van der Waals surface area contributed by atoms with Crippen LogP contribution in [-0.4, -0.2) is 64.2 Å². The number of amides is 1. The molecule has 2 aliphatic carbocycles. The molecule has 1 fully saturated rings. The van der Waals surface area contributed by atoms with Crippen LogP contribution < -0.4 is 14.4 Å². The summed E-state index contributed by atoms with van der Waals surface area (Å²) < 4.78 is 40.8. The van der Waals surface area contributed by atoms with Crippen LogP contribution in [-0.2, 0) is 26.6 Å². The van der Waals surface area contributed by atoms with Gasteiger partial charge in [0.1, 0.15) is 11.0 Å². The van der Waals surface area contributed by atoms with E-state index in [2.05, 4.69) is 21.8 Å². The van der Waals surface area contributed by atoms with Gasteiger partial charge in [-0.3, -0.25) is 4.79 Å². The summed E-state index contributed by atoms with van der Waals surface area (Å²) in [6.07, 6.45) is 8.23. The lowest BCUT2D eigenvalue weighted by Crippen LogP contribution is -2.49. The summed E-state index contributed by atoms with van der Waals surface area (Å²) in [7, 11) is -2.59. The van der Waals surface area contributed by atoms with Gasteiger partial charge < -0.3 is 19.5 Å². The second-order valence-electron chi connectivity index (χ2n) is 12.9. The van der Waals surface area contributed by atoms with Crippen LogP contribution in [0.1, 0.15) is 60.5 Å². The van der Waals surface area contributed by atoms with Crippen LogP contribution in [0.15, 0.2) is 48.6 Å². The predicted molar refractivity (Wildman–Crippen MR) is 167 cm³/mol. The van der Waals surface area contributed by atoms with Crippen LogP contribution in [0.3, 0.4) is 0 Å². The second kappa shape index (κ2) is 12.1. The molecule has 2 bridgehead atoms. The summed E-state index contributed by atoms with van der Waals surface area (Å²) >= 11 is 6.39. The number of hydrogen-bond donors (Lipinski definition) is 2. The Bertz CT molecular complexity index is 1510. The average molecular weight is 629 g/mol. The molecule has 0 radical (unpaired) electrons. The first-order valence-corrected chi connectivity index (χ1v) is 17.2. The SMILES string of the molecule is COC[C@@H]1C[C@@H](C)/C=C\[C@H](O)[C@@H]2CC[C@H]2CN2C[C@@]3(CCCc4cc(Cl)ccc43)COc3ccc(cc32)C(=O)NS1(=O)=O. The van der Waals surface area contributed by atoms with Gasteiger partial charge in [0.15, 0.2) is 0 Å². The number of hydrogen-bond acceptors (Lipinski definition) is 7. The van der Waals surface area contributed by atoms with Crippen molar-refractivity contribution in [2.45, 2.75) is 62.2 Å². The van der Waals surface area contributed by atoms with Crippen molar-refractivity contribution >= 4 is 33.2 Å². The molecule has 1 amide bonds. The van der Waals surface area contributed by atoms with Crippen molar-refractivity contribution in [1.82, 2.24) is 4.72 Å². The number of anilines is 1. The lowest BCUT2D eigenvalue weighted by atomic mass is 9.68. The lowest BCUT2D eigenvalue weighted by molar-refractivity contribution is 0.0454. The fraction of sp³-hybridized carbons (Fsp3) is 0.545. The van der Waals surface area contributed by atoms with E-state index in [0.717, 1.165) is 42.8 Å². The summed E-state index contributed by atoms with van der Waals surface area (Å²) in [6.45, 7) is 3.74. The average Bonchev–Trinajstić information content (AvgIpc) is 3.10. The lowest BCUT2D eigenvalue weighted by Gasteiger charge is -2.45. The fourth-order valence-electron chi connectivity index (χ4n) is 7.49. The number of halogens is 1. The topological polar surface area (TPSA) is 105 Å². The van der Waals surface area contributed by atoms with E-state index in [1.165, 1.54) is 18.2 Å². The number of ether oxygens (including phenoxy) is 2. The van der Waals surface area contributed by atoms with Crippen molar-refractivity contribution in [3.63, 3.8) is 0 Å². The first-order valence-electron chi connectivity index (χ1n) is 15.3. The predicted octanol–water partition coefficient (Wildman–Crippen LogP) is 4.87. The molecule has 0 aromatic heterocycles. The number of nitrogens with one attached hydrogen (secondary N) is 1. The van der Waals surface area contributed by atoms with E-state index in [9.17, 15) is 18.3 Å². The Morgan fingerprint density at radius 1 is 1.19 bits per heavy atom. The molecule has 0 unspecified atom stereocenters. The Balaban J connectivity index is 1.42. The number of carbonyl (C=O) groups is 1. The third-order valence-electron chi connectivity index (χ3n) is 9.97. The van der Waals surface area contributed by atoms with Gasteiger partial charge in [-0.2, -0.15) is 0 Å². The zero-order valence-electron chi connectivity index (χ0n) is 24.8. The van der Waals surface area contributed by atoms with Gasteiger partial charge in [0.05, 0.1) is 25.0 Å². The number of benzene rings is 2. The van der Waals surface area contributed by atoms with Gasteiger partial charge in [-0.25, -0.2) is 13.1 Å².